The van der Waals surface area contributed by atoms with Crippen LogP contribution in [0.2, 0.25) is 5.02 Å². The molecule has 0 saturated heterocycles. The van der Waals surface area contributed by atoms with Gasteiger partial charge in [0.1, 0.15) is 6.61 Å². The first-order valence-electron chi connectivity index (χ1n) is 8.66. The average molecular weight is 402 g/mol. The molecule has 0 aliphatic rings. The number of nitrogens with one attached hydrogen (secondary N) is 1. The maximum Gasteiger partial charge on any atom is 0.252 e. The molecule has 3 nitrogen and oxygen atoms in total. The number of carbonyl (C=O) groups is 1. The Bertz CT molecular complexity index is 959. The Hall–Kier alpha value is -2.92. The topological polar surface area (TPSA) is 38.3 Å². The Labute approximate surface area is 166 Å². The van der Waals surface area contributed by atoms with Gasteiger partial charge in [-0.15, -0.1) is 0 Å². The maximum absolute atomic E-state index is 13.8. The number of amides is 1. The van der Waals surface area contributed by atoms with E-state index in [9.17, 15) is 13.6 Å². The van der Waals surface area contributed by atoms with Gasteiger partial charge in [0, 0.05) is 16.1 Å². The van der Waals surface area contributed by atoms with Crippen molar-refractivity contribution in [1.82, 2.24) is 5.32 Å². The molecule has 1 atom stereocenters. The first-order valence-corrected chi connectivity index (χ1v) is 9.04. The van der Waals surface area contributed by atoms with E-state index < -0.39 is 17.4 Å². The van der Waals surface area contributed by atoms with Crippen molar-refractivity contribution in [2.24, 2.45) is 0 Å². The van der Waals surface area contributed by atoms with Crippen LogP contribution in [-0.4, -0.2) is 5.91 Å². The predicted octanol–water partition coefficient (Wildman–Crippen LogP) is 5.69. The lowest BCUT2D eigenvalue weighted by Crippen LogP contribution is -2.27. The van der Waals surface area contributed by atoms with Gasteiger partial charge in [0.15, 0.2) is 17.4 Å². The Balaban J connectivity index is 1.79. The summed E-state index contributed by atoms with van der Waals surface area (Å²) in [5.41, 5.74) is 1.70. The lowest BCUT2D eigenvalue weighted by molar-refractivity contribution is 0.0937. The van der Waals surface area contributed by atoms with Gasteiger partial charge in [0.2, 0.25) is 0 Å². The van der Waals surface area contributed by atoms with Crippen molar-refractivity contribution in [2.75, 3.05) is 0 Å². The monoisotopic (exact) mass is 401 g/mol. The number of para-hydroxylation sites is 1. The molecule has 144 valence electrons. The number of ether oxygens (including phenoxy) is 1. The lowest BCUT2D eigenvalue weighted by atomic mass is 10.1. The standard InChI is InChI=1S/C22H18ClF2NO2/c1-14(15-6-3-2-4-7-15)26-22(27)18-12-17(23)11-10-16(18)13-28-21-19(24)8-5-9-20(21)25/h2-12,14H,13H2,1H3,(H,26,27)/t14-/m0/s1. The van der Waals surface area contributed by atoms with Crippen LogP contribution in [0.4, 0.5) is 8.78 Å². The van der Waals surface area contributed by atoms with Crippen LogP contribution in [0.15, 0.2) is 66.7 Å². The number of hydrogen-bond donors (Lipinski definition) is 1. The predicted molar refractivity (Wildman–Crippen MR) is 104 cm³/mol. The van der Waals surface area contributed by atoms with E-state index in [1.54, 1.807) is 12.1 Å². The molecular formula is C22H18ClF2NO2. The van der Waals surface area contributed by atoms with E-state index in [2.05, 4.69) is 5.32 Å². The molecule has 3 aromatic carbocycles. The van der Waals surface area contributed by atoms with E-state index in [0.717, 1.165) is 17.7 Å². The summed E-state index contributed by atoms with van der Waals surface area (Å²) in [5, 5.41) is 3.27. The number of halogens is 3. The third-order valence-electron chi connectivity index (χ3n) is 4.25. The Morgan fingerprint density at radius 2 is 1.71 bits per heavy atom. The van der Waals surface area contributed by atoms with Gasteiger partial charge < -0.3 is 10.1 Å². The van der Waals surface area contributed by atoms with E-state index in [0.29, 0.717) is 10.6 Å². The number of carbonyl (C=O) groups excluding carboxylic acids is 1. The molecule has 0 unspecified atom stereocenters. The summed E-state index contributed by atoms with van der Waals surface area (Å²) in [6, 6.07) is 17.4. The van der Waals surface area contributed by atoms with Crippen molar-refractivity contribution >= 4 is 17.5 Å². The van der Waals surface area contributed by atoms with Crippen molar-refractivity contribution < 1.29 is 18.3 Å². The quantitative estimate of drug-likeness (QED) is 0.576. The minimum absolute atomic E-state index is 0.183. The highest BCUT2D eigenvalue weighted by atomic mass is 35.5. The van der Waals surface area contributed by atoms with Crippen molar-refractivity contribution in [3.8, 4) is 5.75 Å². The molecule has 0 heterocycles. The van der Waals surface area contributed by atoms with Gasteiger partial charge in [0.05, 0.1) is 6.04 Å². The van der Waals surface area contributed by atoms with Gasteiger partial charge in [-0.25, -0.2) is 8.78 Å². The maximum atomic E-state index is 13.8. The first-order chi connectivity index (χ1) is 13.5. The summed E-state index contributed by atoms with van der Waals surface area (Å²) in [5.74, 6) is -2.46. The average Bonchev–Trinajstić information content (AvgIpc) is 2.69. The van der Waals surface area contributed by atoms with E-state index in [1.807, 2.05) is 37.3 Å². The molecule has 3 rings (SSSR count). The lowest BCUT2D eigenvalue weighted by Gasteiger charge is -2.17. The highest BCUT2D eigenvalue weighted by Gasteiger charge is 2.17. The Morgan fingerprint density at radius 3 is 2.39 bits per heavy atom. The molecule has 0 bridgehead atoms. The number of rotatable bonds is 6. The van der Waals surface area contributed by atoms with E-state index in [4.69, 9.17) is 16.3 Å². The van der Waals surface area contributed by atoms with Gasteiger partial charge >= 0.3 is 0 Å². The zero-order valence-corrected chi connectivity index (χ0v) is 15.8. The Morgan fingerprint density at radius 1 is 1.04 bits per heavy atom. The second kappa shape index (κ2) is 8.85. The highest BCUT2D eigenvalue weighted by Crippen LogP contribution is 2.24. The largest absolute Gasteiger partial charge is 0.483 e. The number of hydrogen-bond acceptors (Lipinski definition) is 2. The first kappa shape index (κ1) is 19.8. The summed E-state index contributed by atoms with van der Waals surface area (Å²) < 4.78 is 32.8. The highest BCUT2D eigenvalue weighted by molar-refractivity contribution is 6.31. The summed E-state index contributed by atoms with van der Waals surface area (Å²) in [6.45, 7) is 1.68. The molecule has 0 aliphatic carbocycles. The second-order valence-corrected chi connectivity index (χ2v) is 6.68. The summed E-state index contributed by atoms with van der Waals surface area (Å²) in [7, 11) is 0. The normalized spacial score (nSPS) is 11.7. The van der Waals surface area contributed by atoms with E-state index in [1.165, 1.54) is 12.1 Å². The van der Waals surface area contributed by atoms with Crippen LogP contribution < -0.4 is 10.1 Å². The molecule has 6 heteroatoms. The number of benzene rings is 3. The zero-order valence-electron chi connectivity index (χ0n) is 15.1. The van der Waals surface area contributed by atoms with Gasteiger partial charge in [-0.05, 0) is 36.8 Å². The summed E-state index contributed by atoms with van der Waals surface area (Å²) >= 11 is 6.04. The molecule has 0 aromatic heterocycles. The molecule has 3 aromatic rings. The third-order valence-corrected chi connectivity index (χ3v) is 4.49. The molecule has 0 spiro atoms. The van der Waals surface area contributed by atoms with Crippen molar-refractivity contribution in [1.29, 1.82) is 0 Å². The third kappa shape index (κ3) is 4.67. The van der Waals surface area contributed by atoms with Gasteiger partial charge in [0.25, 0.3) is 5.91 Å². The minimum atomic E-state index is -0.808. The smallest absolute Gasteiger partial charge is 0.252 e. The fraction of sp³-hybridized carbons (Fsp3) is 0.136. The van der Waals surface area contributed by atoms with Crippen LogP contribution >= 0.6 is 11.6 Å². The van der Waals surface area contributed by atoms with Gasteiger partial charge in [-0.3, -0.25) is 4.79 Å². The van der Waals surface area contributed by atoms with Crippen molar-refractivity contribution in [3.63, 3.8) is 0 Å². The van der Waals surface area contributed by atoms with Crippen LogP contribution in [0.3, 0.4) is 0 Å². The van der Waals surface area contributed by atoms with E-state index in [-0.39, 0.29) is 24.1 Å². The fourth-order valence-electron chi connectivity index (χ4n) is 2.76. The van der Waals surface area contributed by atoms with Crippen molar-refractivity contribution in [3.05, 3.63) is 100 Å². The van der Waals surface area contributed by atoms with Crippen LogP contribution in [-0.2, 0) is 6.61 Å². The van der Waals surface area contributed by atoms with Crippen LogP contribution in [0.5, 0.6) is 5.75 Å². The van der Waals surface area contributed by atoms with Crippen LogP contribution in [0, 0.1) is 11.6 Å². The van der Waals surface area contributed by atoms with Crippen LogP contribution in [0.1, 0.15) is 34.5 Å². The van der Waals surface area contributed by atoms with Gasteiger partial charge in [-0.2, -0.15) is 0 Å². The second-order valence-electron chi connectivity index (χ2n) is 6.25. The molecule has 1 N–H and O–H groups in total. The molecule has 0 radical (unpaired) electrons. The molecule has 0 fully saturated rings. The van der Waals surface area contributed by atoms with Crippen molar-refractivity contribution in [2.45, 2.75) is 19.6 Å². The Kier molecular flexibility index (Phi) is 6.26. The molecule has 1 amide bonds. The zero-order chi connectivity index (χ0) is 20.1. The molecule has 0 saturated carbocycles. The molecule has 28 heavy (non-hydrogen) atoms. The minimum Gasteiger partial charge on any atom is -0.483 e. The molecular weight excluding hydrogens is 384 g/mol. The summed E-state index contributed by atoms with van der Waals surface area (Å²) in [4.78, 5) is 12.8. The van der Waals surface area contributed by atoms with Gasteiger partial charge in [-0.1, -0.05) is 54.1 Å². The van der Waals surface area contributed by atoms with E-state index >= 15 is 0 Å². The molecule has 0 aliphatic heterocycles. The summed E-state index contributed by atoms with van der Waals surface area (Å²) in [6.07, 6.45) is 0. The van der Waals surface area contributed by atoms with Crippen LogP contribution in [0.25, 0.3) is 0 Å². The SMILES string of the molecule is C[C@H](NC(=O)c1cc(Cl)ccc1COc1c(F)cccc1F)c1ccccc1. The fourth-order valence-corrected chi connectivity index (χ4v) is 2.93.